The highest BCUT2D eigenvalue weighted by atomic mass is 19.2. The molecule has 3 aromatic rings. The first-order chi connectivity index (χ1) is 17.3. The van der Waals surface area contributed by atoms with Crippen molar-refractivity contribution in [2.45, 2.75) is 38.4 Å². The molecular weight excluding hydrogens is 464 g/mol. The second-order valence-corrected chi connectivity index (χ2v) is 8.60. The van der Waals surface area contributed by atoms with Crippen LogP contribution >= 0.6 is 0 Å². The lowest BCUT2D eigenvalue weighted by Crippen LogP contribution is -2.54. The maximum Gasteiger partial charge on any atom is 0.243 e. The standard InChI is InChI=1S/C27H31F2N5O2/c1-3-34(2)24(15-18-7-5-4-6-8-18)27(36)33-23(14-19-9-11-21(28)22(29)13-19)26(35)32-17-20-10-12-25(30)31-16-20/h4-13,16,23-24H,3,14-15,17H2,1-2H3,(H2,30,31)(H,32,35)(H,33,36)/t23-,24?/m0/s1. The lowest BCUT2D eigenvalue weighted by atomic mass is 10.0. The third kappa shape index (κ3) is 7.58. The number of pyridine rings is 1. The number of carbonyl (C=O) groups is 2. The zero-order valence-corrected chi connectivity index (χ0v) is 20.4. The minimum absolute atomic E-state index is 0.0113. The van der Waals surface area contributed by atoms with Crippen LogP contribution < -0.4 is 16.4 Å². The van der Waals surface area contributed by atoms with Crippen molar-refractivity contribution in [3.8, 4) is 0 Å². The summed E-state index contributed by atoms with van der Waals surface area (Å²) < 4.78 is 27.3. The minimum Gasteiger partial charge on any atom is -0.384 e. The van der Waals surface area contributed by atoms with Gasteiger partial charge in [-0.25, -0.2) is 13.8 Å². The molecule has 190 valence electrons. The Labute approximate surface area is 209 Å². The number of hydrogen-bond donors (Lipinski definition) is 3. The summed E-state index contributed by atoms with van der Waals surface area (Å²) in [5.74, 6) is -2.42. The van der Waals surface area contributed by atoms with Gasteiger partial charge in [-0.15, -0.1) is 0 Å². The van der Waals surface area contributed by atoms with Gasteiger partial charge in [0.2, 0.25) is 11.8 Å². The number of nitrogens with two attached hydrogens (primary N) is 1. The zero-order chi connectivity index (χ0) is 26.1. The Morgan fingerprint density at radius 1 is 0.944 bits per heavy atom. The summed E-state index contributed by atoms with van der Waals surface area (Å²) in [7, 11) is 1.84. The molecule has 0 aliphatic rings. The first-order valence-corrected chi connectivity index (χ1v) is 11.7. The van der Waals surface area contributed by atoms with E-state index in [0.717, 1.165) is 23.3 Å². The Balaban J connectivity index is 1.79. The predicted octanol–water partition coefficient (Wildman–Crippen LogP) is 2.85. The number of halogens is 2. The van der Waals surface area contributed by atoms with Crippen molar-refractivity contribution < 1.29 is 18.4 Å². The van der Waals surface area contributed by atoms with Gasteiger partial charge in [-0.05, 0) is 54.9 Å². The summed E-state index contributed by atoms with van der Waals surface area (Å²) in [6.07, 6.45) is 1.99. The van der Waals surface area contributed by atoms with Gasteiger partial charge in [-0.1, -0.05) is 49.4 Å². The largest absolute Gasteiger partial charge is 0.384 e. The van der Waals surface area contributed by atoms with Crippen LogP contribution in [-0.2, 0) is 29.0 Å². The van der Waals surface area contributed by atoms with E-state index < -0.39 is 29.6 Å². The highest BCUT2D eigenvalue weighted by molar-refractivity contribution is 5.90. The monoisotopic (exact) mass is 495 g/mol. The number of amides is 2. The average molecular weight is 496 g/mol. The average Bonchev–Trinajstić information content (AvgIpc) is 2.88. The van der Waals surface area contributed by atoms with Crippen molar-refractivity contribution in [1.29, 1.82) is 0 Å². The first kappa shape index (κ1) is 26.7. The fourth-order valence-corrected chi connectivity index (χ4v) is 3.74. The van der Waals surface area contributed by atoms with Crippen molar-refractivity contribution in [2.24, 2.45) is 0 Å². The van der Waals surface area contributed by atoms with E-state index in [1.807, 2.05) is 49.2 Å². The number of nitrogens with one attached hydrogen (secondary N) is 2. The fourth-order valence-electron chi connectivity index (χ4n) is 3.74. The third-order valence-corrected chi connectivity index (χ3v) is 5.98. The molecular formula is C27H31F2N5O2. The maximum atomic E-state index is 13.8. The Hall–Kier alpha value is -3.85. The lowest BCUT2D eigenvalue weighted by Gasteiger charge is -2.28. The van der Waals surface area contributed by atoms with E-state index in [2.05, 4.69) is 15.6 Å². The molecule has 4 N–H and O–H groups in total. The molecule has 0 bridgehead atoms. The number of nitrogens with zero attached hydrogens (tertiary/aromatic N) is 2. The number of benzene rings is 2. The summed E-state index contributed by atoms with van der Waals surface area (Å²) in [4.78, 5) is 32.4. The molecule has 1 unspecified atom stereocenters. The quantitative estimate of drug-likeness (QED) is 0.380. The number of carbonyl (C=O) groups excluding carboxylic acids is 2. The van der Waals surface area contributed by atoms with Crippen molar-refractivity contribution in [3.63, 3.8) is 0 Å². The number of likely N-dealkylation sites (N-methyl/N-ethyl adjacent to an activating group) is 1. The van der Waals surface area contributed by atoms with Crippen LogP contribution in [0.15, 0.2) is 66.9 Å². The van der Waals surface area contributed by atoms with E-state index >= 15 is 0 Å². The summed E-state index contributed by atoms with van der Waals surface area (Å²) >= 11 is 0. The second-order valence-electron chi connectivity index (χ2n) is 8.60. The predicted molar refractivity (Wildman–Crippen MR) is 135 cm³/mol. The molecule has 3 rings (SSSR count). The van der Waals surface area contributed by atoms with E-state index in [1.165, 1.54) is 6.07 Å². The van der Waals surface area contributed by atoms with Crippen molar-refractivity contribution in [3.05, 3.63) is 95.2 Å². The molecule has 0 saturated carbocycles. The third-order valence-electron chi connectivity index (χ3n) is 5.98. The number of aromatic nitrogens is 1. The van der Waals surface area contributed by atoms with Crippen LogP contribution in [0.25, 0.3) is 0 Å². The van der Waals surface area contributed by atoms with Gasteiger partial charge in [0, 0.05) is 19.2 Å². The van der Waals surface area contributed by atoms with Gasteiger partial charge < -0.3 is 16.4 Å². The summed E-state index contributed by atoms with van der Waals surface area (Å²) in [5, 5.41) is 5.62. The van der Waals surface area contributed by atoms with Crippen LogP contribution in [-0.4, -0.2) is 47.4 Å². The van der Waals surface area contributed by atoms with Crippen molar-refractivity contribution >= 4 is 17.6 Å². The summed E-state index contributed by atoms with van der Waals surface area (Å²) in [5.41, 5.74) is 7.69. The van der Waals surface area contributed by atoms with Crippen LogP contribution in [0.1, 0.15) is 23.6 Å². The molecule has 0 aliphatic carbocycles. The molecule has 36 heavy (non-hydrogen) atoms. The van der Waals surface area contributed by atoms with Gasteiger partial charge in [0.25, 0.3) is 0 Å². The minimum atomic E-state index is -1.02. The van der Waals surface area contributed by atoms with Crippen molar-refractivity contribution in [2.75, 3.05) is 19.3 Å². The molecule has 1 aromatic heterocycles. The Morgan fingerprint density at radius 2 is 1.67 bits per heavy atom. The van der Waals surface area contributed by atoms with Crippen LogP contribution in [0.2, 0.25) is 0 Å². The number of anilines is 1. The van der Waals surface area contributed by atoms with Crippen LogP contribution in [0.4, 0.5) is 14.6 Å². The molecule has 7 nitrogen and oxygen atoms in total. The molecule has 2 atom stereocenters. The van der Waals surface area contributed by atoms with Gasteiger partial charge in [-0.2, -0.15) is 0 Å². The van der Waals surface area contributed by atoms with Crippen LogP contribution in [0.5, 0.6) is 0 Å². The SMILES string of the molecule is CCN(C)C(Cc1ccccc1)C(=O)N[C@@H](Cc1ccc(F)c(F)c1)C(=O)NCc1ccc(N)nc1. The summed E-state index contributed by atoms with van der Waals surface area (Å²) in [6, 6.07) is 14.8. The van der Waals surface area contributed by atoms with Gasteiger partial charge in [-0.3, -0.25) is 14.5 Å². The normalized spacial score (nSPS) is 12.7. The van der Waals surface area contributed by atoms with E-state index in [4.69, 9.17) is 5.73 Å². The van der Waals surface area contributed by atoms with Crippen molar-refractivity contribution in [1.82, 2.24) is 20.5 Å². The molecule has 0 spiro atoms. The molecule has 0 radical (unpaired) electrons. The number of nitrogen functional groups attached to an aromatic ring is 1. The lowest BCUT2D eigenvalue weighted by molar-refractivity contribution is -0.131. The molecule has 2 amide bonds. The Bertz CT molecular complexity index is 1160. The van der Waals surface area contributed by atoms with E-state index in [0.29, 0.717) is 24.3 Å². The van der Waals surface area contributed by atoms with Gasteiger partial charge in [0.15, 0.2) is 11.6 Å². The van der Waals surface area contributed by atoms with Crippen LogP contribution in [0, 0.1) is 11.6 Å². The van der Waals surface area contributed by atoms with Gasteiger partial charge >= 0.3 is 0 Å². The van der Waals surface area contributed by atoms with E-state index in [9.17, 15) is 18.4 Å². The topological polar surface area (TPSA) is 100 Å². The Morgan fingerprint density at radius 3 is 2.31 bits per heavy atom. The first-order valence-electron chi connectivity index (χ1n) is 11.7. The molecule has 0 aliphatic heterocycles. The highest BCUT2D eigenvalue weighted by Crippen LogP contribution is 2.13. The second kappa shape index (κ2) is 12.7. The van der Waals surface area contributed by atoms with Crippen LogP contribution in [0.3, 0.4) is 0 Å². The molecule has 0 fully saturated rings. The molecule has 1 heterocycles. The fraction of sp³-hybridized carbons (Fsp3) is 0.296. The summed E-state index contributed by atoms with van der Waals surface area (Å²) in [6.45, 7) is 2.73. The smallest absolute Gasteiger partial charge is 0.243 e. The number of hydrogen-bond acceptors (Lipinski definition) is 5. The number of rotatable bonds is 11. The van der Waals surface area contributed by atoms with Gasteiger partial charge in [0.05, 0.1) is 6.04 Å². The highest BCUT2D eigenvalue weighted by Gasteiger charge is 2.28. The molecule has 2 aromatic carbocycles. The molecule has 9 heteroatoms. The molecule has 0 saturated heterocycles. The van der Waals surface area contributed by atoms with E-state index in [1.54, 1.807) is 18.3 Å². The van der Waals surface area contributed by atoms with E-state index in [-0.39, 0.29) is 18.9 Å². The maximum absolute atomic E-state index is 13.8. The zero-order valence-electron chi connectivity index (χ0n) is 20.4. The Kier molecular flexibility index (Phi) is 9.46. The van der Waals surface area contributed by atoms with Gasteiger partial charge in [0.1, 0.15) is 11.9 Å².